The van der Waals surface area contributed by atoms with E-state index in [0.29, 0.717) is 6.54 Å². The van der Waals surface area contributed by atoms with Crippen LogP contribution in [0.25, 0.3) is 0 Å². The van der Waals surface area contributed by atoms with Crippen molar-refractivity contribution in [1.29, 1.82) is 0 Å². The predicted molar refractivity (Wildman–Crippen MR) is 128 cm³/mol. The fourth-order valence-corrected chi connectivity index (χ4v) is 3.62. The van der Waals surface area contributed by atoms with Gasteiger partial charge in [-0.25, -0.2) is 9.98 Å². The molecule has 0 spiro atoms. The van der Waals surface area contributed by atoms with Crippen molar-refractivity contribution in [1.82, 2.24) is 20.5 Å². The SMILES string of the molecule is CCNC(=NCc1ccnc(N2CCN(C)CC2)c1)NCCc1ccc(C)c(OC)c1. The van der Waals surface area contributed by atoms with Gasteiger partial charge in [0.25, 0.3) is 0 Å². The quantitative estimate of drug-likeness (QED) is 0.501. The number of guanidine groups is 1. The highest BCUT2D eigenvalue weighted by molar-refractivity contribution is 5.79. The monoisotopic (exact) mass is 424 g/mol. The number of ether oxygens (including phenoxy) is 1. The number of likely N-dealkylation sites (N-methyl/N-ethyl adjacent to an activating group) is 1. The zero-order chi connectivity index (χ0) is 22.1. The van der Waals surface area contributed by atoms with E-state index in [-0.39, 0.29) is 0 Å². The van der Waals surface area contributed by atoms with Gasteiger partial charge in [0.15, 0.2) is 5.96 Å². The van der Waals surface area contributed by atoms with Gasteiger partial charge in [0.1, 0.15) is 11.6 Å². The van der Waals surface area contributed by atoms with E-state index in [0.717, 1.165) is 68.8 Å². The molecule has 2 aromatic rings. The smallest absolute Gasteiger partial charge is 0.191 e. The highest BCUT2D eigenvalue weighted by atomic mass is 16.5. The number of hydrogen-bond acceptors (Lipinski definition) is 5. The van der Waals surface area contributed by atoms with E-state index < -0.39 is 0 Å². The second-order valence-electron chi connectivity index (χ2n) is 7.99. The maximum atomic E-state index is 5.43. The Morgan fingerprint density at radius 2 is 1.90 bits per heavy atom. The molecule has 7 nitrogen and oxygen atoms in total. The second kappa shape index (κ2) is 11.6. The maximum absolute atomic E-state index is 5.43. The Labute approximate surface area is 186 Å². The maximum Gasteiger partial charge on any atom is 0.191 e. The second-order valence-corrected chi connectivity index (χ2v) is 7.99. The molecule has 1 saturated heterocycles. The normalized spacial score (nSPS) is 15.1. The third kappa shape index (κ3) is 6.85. The topological polar surface area (TPSA) is 65.0 Å². The first-order chi connectivity index (χ1) is 15.1. The van der Waals surface area contributed by atoms with Crippen molar-refractivity contribution in [2.24, 2.45) is 4.99 Å². The molecule has 2 heterocycles. The number of aliphatic imine (C=N–C) groups is 1. The lowest BCUT2D eigenvalue weighted by atomic mass is 10.1. The molecular weight excluding hydrogens is 388 g/mol. The van der Waals surface area contributed by atoms with Crippen LogP contribution in [0.3, 0.4) is 0 Å². The van der Waals surface area contributed by atoms with Crippen LogP contribution in [0.1, 0.15) is 23.6 Å². The van der Waals surface area contributed by atoms with Gasteiger partial charge >= 0.3 is 0 Å². The highest BCUT2D eigenvalue weighted by Gasteiger charge is 2.15. The molecule has 0 aliphatic carbocycles. The minimum absolute atomic E-state index is 0.622. The molecular formula is C24H36N6O. The number of anilines is 1. The van der Waals surface area contributed by atoms with E-state index in [4.69, 9.17) is 9.73 Å². The summed E-state index contributed by atoms with van der Waals surface area (Å²) in [5, 5.41) is 6.78. The molecule has 2 N–H and O–H groups in total. The van der Waals surface area contributed by atoms with Crippen molar-refractivity contribution < 1.29 is 4.74 Å². The first-order valence-corrected chi connectivity index (χ1v) is 11.1. The van der Waals surface area contributed by atoms with Gasteiger partial charge in [-0.15, -0.1) is 0 Å². The van der Waals surface area contributed by atoms with E-state index in [1.165, 1.54) is 11.1 Å². The van der Waals surface area contributed by atoms with Gasteiger partial charge < -0.3 is 25.2 Å². The van der Waals surface area contributed by atoms with Crippen molar-refractivity contribution in [2.75, 3.05) is 58.3 Å². The molecule has 0 bridgehead atoms. The zero-order valence-electron chi connectivity index (χ0n) is 19.3. The summed E-state index contributed by atoms with van der Waals surface area (Å²) >= 11 is 0. The average Bonchev–Trinajstić information content (AvgIpc) is 2.79. The van der Waals surface area contributed by atoms with Gasteiger partial charge in [-0.2, -0.15) is 0 Å². The lowest BCUT2D eigenvalue weighted by Crippen LogP contribution is -2.44. The van der Waals surface area contributed by atoms with Gasteiger partial charge in [0.05, 0.1) is 13.7 Å². The molecule has 1 aliphatic rings. The van der Waals surface area contributed by atoms with Crippen LogP contribution < -0.4 is 20.3 Å². The lowest BCUT2D eigenvalue weighted by Gasteiger charge is -2.33. The standard InChI is InChI=1S/C24H36N6O/c1-5-25-24(27-11-8-20-7-6-19(2)22(16-20)31-4)28-18-21-9-10-26-23(17-21)30-14-12-29(3)13-15-30/h6-7,9-10,16-17H,5,8,11-15,18H2,1-4H3,(H2,25,27,28). The number of piperazine rings is 1. The van der Waals surface area contributed by atoms with Gasteiger partial charge in [-0.1, -0.05) is 12.1 Å². The van der Waals surface area contributed by atoms with E-state index in [9.17, 15) is 0 Å². The predicted octanol–water partition coefficient (Wildman–Crippen LogP) is 2.45. The van der Waals surface area contributed by atoms with Gasteiger partial charge in [0.2, 0.25) is 0 Å². The first kappa shape index (κ1) is 22.9. The molecule has 0 unspecified atom stereocenters. The van der Waals surface area contributed by atoms with E-state index in [2.05, 4.69) is 70.6 Å². The number of aryl methyl sites for hydroxylation is 1. The summed E-state index contributed by atoms with van der Waals surface area (Å²) < 4.78 is 5.43. The Kier molecular flexibility index (Phi) is 8.53. The van der Waals surface area contributed by atoms with Crippen LogP contribution in [0, 0.1) is 6.92 Å². The number of benzene rings is 1. The Bertz CT molecular complexity index is 861. The van der Waals surface area contributed by atoms with Crippen molar-refractivity contribution in [3.8, 4) is 5.75 Å². The molecule has 168 valence electrons. The van der Waals surface area contributed by atoms with Crippen LogP contribution in [-0.2, 0) is 13.0 Å². The van der Waals surface area contributed by atoms with Crippen molar-refractivity contribution >= 4 is 11.8 Å². The largest absolute Gasteiger partial charge is 0.496 e. The summed E-state index contributed by atoms with van der Waals surface area (Å²) in [5.74, 6) is 2.82. The van der Waals surface area contributed by atoms with Crippen LogP contribution in [0.2, 0.25) is 0 Å². The molecule has 1 aromatic heterocycles. The number of rotatable bonds is 8. The van der Waals surface area contributed by atoms with Crippen molar-refractivity contribution in [3.63, 3.8) is 0 Å². The summed E-state index contributed by atoms with van der Waals surface area (Å²) in [6.45, 7) is 10.6. The molecule has 1 fully saturated rings. The zero-order valence-corrected chi connectivity index (χ0v) is 19.3. The number of pyridine rings is 1. The van der Waals surface area contributed by atoms with Crippen LogP contribution in [0.5, 0.6) is 5.75 Å². The number of aromatic nitrogens is 1. The average molecular weight is 425 g/mol. The van der Waals surface area contributed by atoms with E-state index in [1.54, 1.807) is 7.11 Å². The molecule has 1 aromatic carbocycles. The molecule has 0 radical (unpaired) electrons. The third-order valence-electron chi connectivity index (χ3n) is 5.58. The van der Waals surface area contributed by atoms with Crippen molar-refractivity contribution in [2.45, 2.75) is 26.8 Å². The highest BCUT2D eigenvalue weighted by Crippen LogP contribution is 2.19. The minimum atomic E-state index is 0.622. The van der Waals surface area contributed by atoms with Crippen LogP contribution in [0.15, 0.2) is 41.5 Å². The molecule has 1 aliphatic heterocycles. The summed E-state index contributed by atoms with van der Waals surface area (Å²) in [4.78, 5) is 14.1. The summed E-state index contributed by atoms with van der Waals surface area (Å²) in [6, 6.07) is 10.6. The van der Waals surface area contributed by atoms with Gasteiger partial charge in [0, 0.05) is 45.5 Å². The van der Waals surface area contributed by atoms with Crippen LogP contribution in [0.4, 0.5) is 5.82 Å². The molecule has 0 saturated carbocycles. The summed E-state index contributed by atoms with van der Waals surface area (Å²) in [7, 11) is 3.88. The number of methoxy groups -OCH3 is 1. The molecule has 7 heteroatoms. The first-order valence-electron chi connectivity index (χ1n) is 11.1. The number of hydrogen-bond donors (Lipinski definition) is 2. The van der Waals surface area contributed by atoms with Crippen molar-refractivity contribution in [3.05, 3.63) is 53.2 Å². The lowest BCUT2D eigenvalue weighted by molar-refractivity contribution is 0.312. The fourth-order valence-electron chi connectivity index (χ4n) is 3.62. The van der Waals surface area contributed by atoms with E-state index in [1.807, 2.05) is 12.3 Å². The summed E-state index contributed by atoms with van der Waals surface area (Å²) in [5.41, 5.74) is 3.57. The van der Waals surface area contributed by atoms with E-state index >= 15 is 0 Å². The van der Waals surface area contributed by atoms with Gasteiger partial charge in [-0.05, 0) is 62.2 Å². The third-order valence-corrected chi connectivity index (χ3v) is 5.58. The number of nitrogens with one attached hydrogen (secondary N) is 2. The molecule has 0 amide bonds. The Hall–Kier alpha value is -2.80. The molecule has 3 rings (SSSR count). The number of nitrogens with zero attached hydrogens (tertiary/aromatic N) is 4. The minimum Gasteiger partial charge on any atom is -0.496 e. The fraction of sp³-hybridized carbons (Fsp3) is 0.500. The Morgan fingerprint density at radius 3 is 2.65 bits per heavy atom. The Balaban J connectivity index is 1.56. The Morgan fingerprint density at radius 1 is 1.10 bits per heavy atom. The summed E-state index contributed by atoms with van der Waals surface area (Å²) in [6.07, 6.45) is 2.80. The van der Waals surface area contributed by atoms with Crippen LogP contribution in [-0.4, -0.2) is 69.3 Å². The molecule has 31 heavy (non-hydrogen) atoms. The molecule has 0 atom stereocenters. The van der Waals surface area contributed by atoms with Gasteiger partial charge in [-0.3, -0.25) is 0 Å². The van der Waals surface area contributed by atoms with Crippen LogP contribution >= 0.6 is 0 Å².